The van der Waals surface area contributed by atoms with Crippen LogP contribution in [0.25, 0.3) is 0 Å². The highest BCUT2D eigenvalue weighted by Crippen LogP contribution is 2.17. The van der Waals surface area contributed by atoms with Crippen LogP contribution < -0.4 is 5.32 Å². The molecule has 1 N–H and O–H groups in total. The number of rotatable bonds is 5. The summed E-state index contributed by atoms with van der Waals surface area (Å²) < 4.78 is 0. The predicted molar refractivity (Wildman–Crippen MR) is 87.2 cm³/mol. The van der Waals surface area contributed by atoms with Gasteiger partial charge in [0, 0.05) is 18.1 Å². The van der Waals surface area contributed by atoms with Gasteiger partial charge in [-0.25, -0.2) is 0 Å². The van der Waals surface area contributed by atoms with Gasteiger partial charge < -0.3 is 15.1 Å². The van der Waals surface area contributed by atoms with E-state index < -0.39 is 0 Å². The number of nitrogens with zero attached hydrogens (tertiary/aromatic N) is 2. The summed E-state index contributed by atoms with van der Waals surface area (Å²) >= 11 is 0. The van der Waals surface area contributed by atoms with Crippen molar-refractivity contribution in [3.8, 4) is 0 Å². The van der Waals surface area contributed by atoms with Crippen LogP contribution in [0.1, 0.15) is 59.3 Å². The van der Waals surface area contributed by atoms with E-state index in [-0.39, 0.29) is 0 Å². The van der Waals surface area contributed by atoms with Crippen LogP contribution in [0.15, 0.2) is 0 Å². The number of likely N-dealkylation sites (tertiary alicyclic amines) is 2. The van der Waals surface area contributed by atoms with Crippen LogP contribution in [0.2, 0.25) is 0 Å². The Morgan fingerprint density at radius 3 is 2.25 bits per heavy atom. The maximum absolute atomic E-state index is 3.97. The zero-order valence-electron chi connectivity index (χ0n) is 13.9. The summed E-state index contributed by atoms with van der Waals surface area (Å²) in [5.74, 6) is 0. The summed E-state index contributed by atoms with van der Waals surface area (Å²) in [7, 11) is 0. The first kappa shape index (κ1) is 16.3. The Morgan fingerprint density at radius 1 is 0.950 bits per heavy atom. The molecule has 20 heavy (non-hydrogen) atoms. The second-order valence-corrected chi connectivity index (χ2v) is 7.04. The van der Waals surface area contributed by atoms with Gasteiger partial charge in [0.15, 0.2) is 0 Å². The molecule has 0 aliphatic carbocycles. The largest absolute Gasteiger partial charge is 0.311 e. The standard InChI is InChI=1S/C17H35N3/c1-4-10-19-11-5-6-16(7-12-19)18-17-8-13-20(14-9-17)15(2)3/h15-18H,4-14H2,1-3H3. The van der Waals surface area contributed by atoms with Crippen molar-refractivity contribution in [2.24, 2.45) is 0 Å². The Hall–Kier alpha value is -0.120. The fourth-order valence-electron chi connectivity index (χ4n) is 3.78. The zero-order chi connectivity index (χ0) is 14.4. The van der Waals surface area contributed by atoms with Crippen LogP contribution in [0.3, 0.4) is 0 Å². The molecule has 2 saturated heterocycles. The molecule has 3 heteroatoms. The Morgan fingerprint density at radius 2 is 1.60 bits per heavy atom. The molecule has 118 valence electrons. The maximum Gasteiger partial charge on any atom is 0.00940 e. The van der Waals surface area contributed by atoms with Crippen molar-refractivity contribution in [2.45, 2.75) is 77.4 Å². The molecule has 0 radical (unpaired) electrons. The van der Waals surface area contributed by atoms with E-state index in [9.17, 15) is 0 Å². The summed E-state index contributed by atoms with van der Waals surface area (Å²) in [5, 5.41) is 3.97. The second-order valence-electron chi connectivity index (χ2n) is 7.04. The maximum atomic E-state index is 3.97. The van der Waals surface area contributed by atoms with Crippen molar-refractivity contribution >= 4 is 0 Å². The van der Waals surface area contributed by atoms with Crippen LogP contribution >= 0.6 is 0 Å². The Balaban J connectivity index is 1.69. The summed E-state index contributed by atoms with van der Waals surface area (Å²) in [6.07, 6.45) is 8.09. The molecular formula is C17H35N3. The fraction of sp³-hybridized carbons (Fsp3) is 1.00. The molecule has 2 aliphatic heterocycles. The summed E-state index contributed by atoms with van der Waals surface area (Å²) in [5.41, 5.74) is 0. The summed E-state index contributed by atoms with van der Waals surface area (Å²) in [6, 6.07) is 2.26. The highest BCUT2D eigenvalue weighted by molar-refractivity contribution is 4.83. The van der Waals surface area contributed by atoms with Gasteiger partial charge in [-0.1, -0.05) is 6.92 Å². The van der Waals surface area contributed by atoms with Crippen molar-refractivity contribution in [1.82, 2.24) is 15.1 Å². The van der Waals surface area contributed by atoms with Gasteiger partial charge >= 0.3 is 0 Å². The average molecular weight is 281 g/mol. The average Bonchev–Trinajstić information content (AvgIpc) is 2.66. The third kappa shape index (κ3) is 5.01. The Bertz CT molecular complexity index is 259. The SMILES string of the molecule is CCCN1CCCC(NC2CCN(C(C)C)CC2)CC1. The second kappa shape index (κ2) is 8.35. The third-order valence-corrected chi connectivity index (χ3v) is 5.09. The molecule has 0 bridgehead atoms. The van der Waals surface area contributed by atoms with E-state index in [1.165, 1.54) is 71.2 Å². The molecule has 0 saturated carbocycles. The molecule has 2 rings (SSSR count). The van der Waals surface area contributed by atoms with E-state index in [0.29, 0.717) is 0 Å². The lowest BCUT2D eigenvalue weighted by Gasteiger charge is -2.36. The lowest BCUT2D eigenvalue weighted by atomic mass is 10.0. The molecule has 0 aromatic carbocycles. The molecule has 0 spiro atoms. The number of hydrogen-bond acceptors (Lipinski definition) is 3. The van der Waals surface area contributed by atoms with Crippen LogP contribution in [0.5, 0.6) is 0 Å². The molecule has 2 fully saturated rings. The van der Waals surface area contributed by atoms with E-state index in [1.807, 2.05) is 0 Å². The number of piperidine rings is 1. The van der Waals surface area contributed by atoms with Crippen LogP contribution in [-0.4, -0.2) is 60.6 Å². The first-order chi connectivity index (χ1) is 9.69. The number of hydrogen-bond donors (Lipinski definition) is 1. The predicted octanol–water partition coefficient (Wildman–Crippen LogP) is 2.71. The minimum atomic E-state index is 0.719. The fourth-order valence-corrected chi connectivity index (χ4v) is 3.78. The van der Waals surface area contributed by atoms with Gasteiger partial charge in [0.2, 0.25) is 0 Å². The van der Waals surface area contributed by atoms with Gasteiger partial charge in [0.05, 0.1) is 0 Å². The van der Waals surface area contributed by atoms with Crippen molar-refractivity contribution in [1.29, 1.82) is 0 Å². The monoisotopic (exact) mass is 281 g/mol. The lowest BCUT2D eigenvalue weighted by Crippen LogP contribution is -2.48. The van der Waals surface area contributed by atoms with E-state index in [2.05, 4.69) is 35.9 Å². The lowest BCUT2D eigenvalue weighted by molar-refractivity contribution is 0.154. The molecule has 2 aliphatic rings. The first-order valence-electron chi connectivity index (χ1n) is 8.91. The van der Waals surface area contributed by atoms with Crippen LogP contribution in [0.4, 0.5) is 0 Å². The molecule has 0 aromatic heterocycles. The molecule has 1 atom stereocenters. The van der Waals surface area contributed by atoms with E-state index in [1.54, 1.807) is 0 Å². The van der Waals surface area contributed by atoms with Crippen LogP contribution in [0, 0.1) is 0 Å². The van der Waals surface area contributed by atoms with Crippen molar-refractivity contribution < 1.29 is 0 Å². The zero-order valence-corrected chi connectivity index (χ0v) is 13.9. The minimum Gasteiger partial charge on any atom is -0.311 e. The van der Waals surface area contributed by atoms with Gasteiger partial charge in [0.25, 0.3) is 0 Å². The highest BCUT2D eigenvalue weighted by atomic mass is 15.2. The van der Waals surface area contributed by atoms with E-state index >= 15 is 0 Å². The first-order valence-corrected chi connectivity index (χ1v) is 8.91. The number of nitrogens with one attached hydrogen (secondary N) is 1. The van der Waals surface area contributed by atoms with Crippen molar-refractivity contribution in [3.63, 3.8) is 0 Å². The van der Waals surface area contributed by atoms with Gasteiger partial charge in [-0.3, -0.25) is 0 Å². The molecule has 1 unspecified atom stereocenters. The Kier molecular flexibility index (Phi) is 6.79. The summed E-state index contributed by atoms with van der Waals surface area (Å²) in [6.45, 7) is 13.4. The molecule has 3 nitrogen and oxygen atoms in total. The minimum absolute atomic E-state index is 0.719. The van der Waals surface area contributed by atoms with Crippen molar-refractivity contribution in [2.75, 3.05) is 32.7 Å². The van der Waals surface area contributed by atoms with Crippen molar-refractivity contribution in [3.05, 3.63) is 0 Å². The summed E-state index contributed by atoms with van der Waals surface area (Å²) in [4.78, 5) is 5.28. The van der Waals surface area contributed by atoms with E-state index in [4.69, 9.17) is 0 Å². The third-order valence-electron chi connectivity index (χ3n) is 5.09. The topological polar surface area (TPSA) is 18.5 Å². The van der Waals surface area contributed by atoms with Gasteiger partial charge in [-0.15, -0.1) is 0 Å². The quantitative estimate of drug-likeness (QED) is 0.836. The van der Waals surface area contributed by atoms with Gasteiger partial charge in [-0.2, -0.15) is 0 Å². The highest BCUT2D eigenvalue weighted by Gasteiger charge is 2.24. The normalized spacial score (nSPS) is 27.9. The van der Waals surface area contributed by atoms with E-state index in [0.717, 1.165) is 18.1 Å². The molecular weight excluding hydrogens is 246 g/mol. The van der Waals surface area contributed by atoms with Gasteiger partial charge in [0.1, 0.15) is 0 Å². The Labute approximate surface area is 126 Å². The van der Waals surface area contributed by atoms with Gasteiger partial charge in [-0.05, 0) is 85.1 Å². The molecule has 2 heterocycles. The smallest absolute Gasteiger partial charge is 0.00940 e. The molecule has 0 amide bonds. The molecule has 0 aromatic rings. The van der Waals surface area contributed by atoms with Crippen LogP contribution in [-0.2, 0) is 0 Å².